The second-order valence-electron chi connectivity index (χ2n) is 11.7. The van der Waals surface area contributed by atoms with Crippen LogP contribution in [0.3, 0.4) is 0 Å². The molecular weight excluding hydrogens is 604 g/mol. The van der Waals surface area contributed by atoms with Crippen molar-refractivity contribution in [2.24, 2.45) is 5.92 Å². The number of H-pyrrole nitrogens is 1. The topological polar surface area (TPSA) is 183 Å². The Kier molecular flexibility index (Phi) is 12.3. The van der Waals surface area contributed by atoms with Gasteiger partial charge in [-0.25, -0.2) is 14.6 Å². The number of carbonyl (C=O) groups excluding carboxylic acids is 4. The first-order valence-electron chi connectivity index (χ1n) is 15.5. The molecule has 1 saturated heterocycles. The standard InChI is InChI=1S/C34H40N6O7/c1-22(2)16-28(33(44)45)39-31(42)27(18-25-19-35-21-36-25)37-30(41)26(17-23-10-5-3-6-11-23)38-32(43)29-14-9-15-40(29)34(46)47-20-24-12-7-4-8-13-24/h3-8,10-13,17,19,21-22,27-29H,9,14-16,18,20H2,1-2H3,(H,35,36)(H,37,41)(H,38,43)(H,39,42)(H,44,45)/b26-17-/t27-,28-,29-/m0/s1. The predicted molar refractivity (Wildman–Crippen MR) is 172 cm³/mol. The third-order valence-corrected chi connectivity index (χ3v) is 7.53. The molecule has 4 rings (SSSR count). The number of rotatable bonds is 14. The van der Waals surface area contributed by atoms with Gasteiger partial charge in [-0.05, 0) is 42.4 Å². The van der Waals surface area contributed by atoms with Crippen LogP contribution in [0.4, 0.5) is 4.79 Å². The Hall–Kier alpha value is -5.46. The first-order valence-corrected chi connectivity index (χ1v) is 15.5. The fourth-order valence-corrected chi connectivity index (χ4v) is 5.18. The summed E-state index contributed by atoms with van der Waals surface area (Å²) in [5.41, 5.74) is 1.76. The largest absolute Gasteiger partial charge is 0.480 e. The van der Waals surface area contributed by atoms with Crippen molar-refractivity contribution in [1.82, 2.24) is 30.8 Å². The minimum absolute atomic E-state index is 0.0153. The van der Waals surface area contributed by atoms with E-state index in [1.807, 2.05) is 44.2 Å². The van der Waals surface area contributed by atoms with Crippen LogP contribution in [0.1, 0.15) is 49.9 Å². The monoisotopic (exact) mass is 644 g/mol. The van der Waals surface area contributed by atoms with Crippen molar-refractivity contribution < 1.29 is 33.8 Å². The van der Waals surface area contributed by atoms with Crippen molar-refractivity contribution in [3.8, 4) is 0 Å². The summed E-state index contributed by atoms with van der Waals surface area (Å²) in [4.78, 5) is 73.8. The molecule has 1 fully saturated rings. The number of aromatic amines is 1. The van der Waals surface area contributed by atoms with Crippen LogP contribution in [0.15, 0.2) is 78.9 Å². The van der Waals surface area contributed by atoms with Crippen molar-refractivity contribution in [2.45, 2.75) is 64.3 Å². The molecule has 0 radical (unpaired) electrons. The highest BCUT2D eigenvalue weighted by atomic mass is 16.6. The van der Waals surface area contributed by atoms with E-state index in [4.69, 9.17) is 4.74 Å². The number of carboxylic acids is 1. The number of carbonyl (C=O) groups is 5. The number of nitrogens with zero attached hydrogens (tertiary/aromatic N) is 2. The highest BCUT2D eigenvalue weighted by molar-refractivity contribution is 6.04. The predicted octanol–water partition coefficient (Wildman–Crippen LogP) is 3.01. The number of imidazole rings is 1. The third-order valence-electron chi connectivity index (χ3n) is 7.53. The molecular formula is C34H40N6O7. The number of hydrogen-bond donors (Lipinski definition) is 5. The maximum absolute atomic E-state index is 13.8. The molecule has 5 N–H and O–H groups in total. The lowest BCUT2D eigenvalue weighted by molar-refractivity contribution is -0.142. The van der Waals surface area contributed by atoms with Gasteiger partial charge in [0.2, 0.25) is 11.8 Å². The van der Waals surface area contributed by atoms with Gasteiger partial charge in [-0.3, -0.25) is 19.3 Å². The normalized spacial score (nSPS) is 15.9. The number of ether oxygens (including phenoxy) is 1. The number of hydrogen-bond acceptors (Lipinski definition) is 7. The maximum Gasteiger partial charge on any atom is 0.410 e. The van der Waals surface area contributed by atoms with Crippen molar-refractivity contribution >= 4 is 35.9 Å². The fraction of sp³-hybridized carbons (Fsp3) is 0.353. The van der Waals surface area contributed by atoms with Gasteiger partial charge in [0, 0.05) is 24.9 Å². The van der Waals surface area contributed by atoms with Gasteiger partial charge in [0.1, 0.15) is 30.4 Å². The number of aliphatic carboxylic acids is 1. The van der Waals surface area contributed by atoms with Gasteiger partial charge in [0.15, 0.2) is 0 Å². The molecule has 0 saturated carbocycles. The SMILES string of the molecule is CC(C)C[C@H](NC(=O)[C@H](Cc1cnc[nH]1)NC(=O)/C(=C/c1ccccc1)NC(=O)[C@@H]1CCCN1C(=O)OCc1ccccc1)C(=O)O. The Morgan fingerprint density at radius 3 is 2.36 bits per heavy atom. The van der Waals surface area contributed by atoms with Crippen molar-refractivity contribution in [1.29, 1.82) is 0 Å². The van der Waals surface area contributed by atoms with Gasteiger partial charge in [-0.1, -0.05) is 74.5 Å². The number of aromatic nitrogens is 2. The van der Waals surface area contributed by atoms with E-state index in [2.05, 4.69) is 25.9 Å². The molecule has 3 atom stereocenters. The zero-order valence-electron chi connectivity index (χ0n) is 26.3. The fourth-order valence-electron chi connectivity index (χ4n) is 5.18. The van der Waals surface area contributed by atoms with E-state index in [9.17, 15) is 29.1 Å². The van der Waals surface area contributed by atoms with Gasteiger partial charge < -0.3 is 30.8 Å². The maximum atomic E-state index is 13.8. The van der Waals surface area contributed by atoms with E-state index in [1.54, 1.807) is 30.3 Å². The molecule has 1 aromatic heterocycles. The lowest BCUT2D eigenvalue weighted by atomic mass is 10.0. The summed E-state index contributed by atoms with van der Waals surface area (Å²) < 4.78 is 5.46. The summed E-state index contributed by atoms with van der Waals surface area (Å²) in [6, 6.07) is 14.7. The van der Waals surface area contributed by atoms with Crippen LogP contribution in [0.25, 0.3) is 6.08 Å². The minimum atomic E-state index is -1.22. The molecule has 0 spiro atoms. The van der Waals surface area contributed by atoms with E-state index in [-0.39, 0.29) is 31.1 Å². The first-order chi connectivity index (χ1) is 22.6. The molecule has 1 aliphatic heterocycles. The summed E-state index contributed by atoms with van der Waals surface area (Å²) in [6.07, 6.45) is 4.82. The van der Waals surface area contributed by atoms with Crippen LogP contribution >= 0.6 is 0 Å². The van der Waals surface area contributed by atoms with Crippen molar-refractivity contribution in [3.63, 3.8) is 0 Å². The molecule has 13 heteroatoms. The molecule has 13 nitrogen and oxygen atoms in total. The minimum Gasteiger partial charge on any atom is -0.480 e. The van der Waals surface area contributed by atoms with Crippen LogP contribution in [-0.2, 0) is 36.9 Å². The number of amides is 4. The van der Waals surface area contributed by atoms with E-state index in [1.165, 1.54) is 23.5 Å². The van der Waals surface area contributed by atoms with Crippen molar-refractivity contribution in [2.75, 3.05) is 6.54 Å². The van der Waals surface area contributed by atoms with Gasteiger partial charge in [0.05, 0.1) is 6.33 Å². The quantitative estimate of drug-likeness (QED) is 0.166. The van der Waals surface area contributed by atoms with E-state index < -0.39 is 47.9 Å². The second-order valence-corrected chi connectivity index (χ2v) is 11.7. The Labute approximate surface area is 272 Å². The van der Waals surface area contributed by atoms with Gasteiger partial charge in [-0.15, -0.1) is 0 Å². The molecule has 3 aromatic rings. The van der Waals surface area contributed by atoms with Gasteiger partial charge >= 0.3 is 12.1 Å². The zero-order valence-corrected chi connectivity index (χ0v) is 26.3. The molecule has 2 aromatic carbocycles. The Bertz CT molecular complexity index is 1540. The number of benzene rings is 2. The number of likely N-dealkylation sites (tertiary alicyclic amines) is 1. The van der Waals surface area contributed by atoms with Gasteiger partial charge in [0.25, 0.3) is 5.91 Å². The van der Waals surface area contributed by atoms with Crippen LogP contribution in [0.2, 0.25) is 0 Å². The summed E-state index contributed by atoms with van der Waals surface area (Å²) in [6.45, 7) is 4.03. The van der Waals surface area contributed by atoms with Crippen molar-refractivity contribution in [3.05, 3.63) is 95.7 Å². The highest BCUT2D eigenvalue weighted by Gasteiger charge is 2.36. The molecule has 1 aliphatic rings. The van der Waals surface area contributed by atoms with Crippen LogP contribution in [0, 0.1) is 5.92 Å². The lowest BCUT2D eigenvalue weighted by Crippen LogP contribution is -2.54. The molecule has 0 aliphatic carbocycles. The lowest BCUT2D eigenvalue weighted by Gasteiger charge is -2.25. The van der Waals surface area contributed by atoms with Crippen LogP contribution in [0.5, 0.6) is 0 Å². The Balaban J connectivity index is 1.53. The summed E-state index contributed by atoms with van der Waals surface area (Å²) in [7, 11) is 0. The molecule has 2 heterocycles. The van der Waals surface area contributed by atoms with Crippen LogP contribution < -0.4 is 16.0 Å². The molecule has 0 unspecified atom stereocenters. The third kappa shape index (κ3) is 10.3. The number of carboxylic acid groups (broad SMARTS) is 1. The second kappa shape index (κ2) is 16.7. The average Bonchev–Trinajstić information content (AvgIpc) is 3.76. The highest BCUT2D eigenvalue weighted by Crippen LogP contribution is 2.20. The van der Waals surface area contributed by atoms with Crippen LogP contribution in [-0.4, -0.2) is 74.4 Å². The molecule has 47 heavy (non-hydrogen) atoms. The molecule has 4 amide bonds. The average molecular weight is 645 g/mol. The van der Waals surface area contributed by atoms with E-state index >= 15 is 0 Å². The smallest absolute Gasteiger partial charge is 0.410 e. The summed E-state index contributed by atoms with van der Waals surface area (Å²) in [5, 5.41) is 17.5. The zero-order chi connectivity index (χ0) is 33.8. The van der Waals surface area contributed by atoms with E-state index in [0.717, 1.165) is 5.56 Å². The Morgan fingerprint density at radius 1 is 1.02 bits per heavy atom. The van der Waals surface area contributed by atoms with Gasteiger partial charge in [-0.2, -0.15) is 0 Å². The Morgan fingerprint density at radius 2 is 1.72 bits per heavy atom. The number of nitrogens with one attached hydrogen (secondary N) is 4. The molecule has 0 bridgehead atoms. The van der Waals surface area contributed by atoms with E-state index in [0.29, 0.717) is 30.6 Å². The summed E-state index contributed by atoms with van der Waals surface area (Å²) in [5.74, 6) is -3.30. The molecule has 248 valence electrons. The first kappa shape index (κ1) is 34.4. The summed E-state index contributed by atoms with van der Waals surface area (Å²) >= 11 is 0.